The van der Waals surface area contributed by atoms with Crippen LogP contribution in [0, 0.1) is 0 Å². The molecule has 2 amide bonds. The molecule has 3 aromatic rings. The summed E-state index contributed by atoms with van der Waals surface area (Å²) in [6, 6.07) is 20.6. The molecule has 0 atom stereocenters. The molecule has 3 aromatic carbocycles. The first-order chi connectivity index (χ1) is 14.1. The highest BCUT2D eigenvalue weighted by atomic mass is 16.5. The summed E-state index contributed by atoms with van der Waals surface area (Å²) in [6.07, 6.45) is 0. The van der Waals surface area contributed by atoms with Crippen LogP contribution in [-0.2, 0) is 4.79 Å². The monoisotopic (exact) mass is 388 g/mol. The maximum Gasteiger partial charge on any atom is 0.264 e. The van der Waals surface area contributed by atoms with E-state index in [1.54, 1.807) is 37.4 Å². The molecule has 0 unspecified atom stereocenters. The second-order valence-electron chi connectivity index (χ2n) is 6.63. The van der Waals surface area contributed by atoms with Crippen molar-refractivity contribution in [3.05, 3.63) is 72.3 Å². The van der Waals surface area contributed by atoms with Gasteiger partial charge in [0.25, 0.3) is 11.8 Å². The Morgan fingerprint density at radius 1 is 1.03 bits per heavy atom. The number of nitrogens with one attached hydrogen (secondary N) is 1. The van der Waals surface area contributed by atoms with Gasteiger partial charge in [-0.25, -0.2) is 0 Å². The van der Waals surface area contributed by atoms with Gasteiger partial charge in [-0.3, -0.25) is 9.59 Å². The first-order valence-corrected chi connectivity index (χ1v) is 9.15. The number of fused-ring (bicyclic) bond motifs is 1. The molecule has 0 bridgehead atoms. The van der Waals surface area contributed by atoms with E-state index in [0.29, 0.717) is 28.4 Å². The van der Waals surface area contributed by atoms with Crippen LogP contribution in [0.25, 0.3) is 11.1 Å². The van der Waals surface area contributed by atoms with E-state index in [1.165, 1.54) is 12.0 Å². The zero-order valence-electron chi connectivity index (χ0n) is 16.1. The first-order valence-electron chi connectivity index (χ1n) is 9.15. The van der Waals surface area contributed by atoms with Crippen molar-refractivity contribution in [3.63, 3.8) is 0 Å². The number of para-hydroxylation sites is 1. The van der Waals surface area contributed by atoms with Crippen molar-refractivity contribution in [1.82, 2.24) is 0 Å². The molecule has 0 fully saturated rings. The number of benzene rings is 3. The molecule has 29 heavy (non-hydrogen) atoms. The van der Waals surface area contributed by atoms with E-state index in [4.69, 9.17) is 9.47 Å². The second kappa shape index (κ2) is 7.67. The summed E-state index contributed by atoms with van der Waals surface area (Å²) in [4.78, 5) is 26.5. The summed E-state index contributed by atoms with van der Waals surface area (Å²) in [5.41, 5.74) is 3.44. The third-order valence-electron chi connectivity index (χ3n) is 4.87. The summed E-state index contributed by atoms with van der Waals surface area (Å²) in [5, 5.41) is 2.89. The molecular weight excluding hydrogens is 368 g/mol. The maximum atomic E-state index is 13.1. The first kappa shape index (κ1) is 18.6. The lowest BCUT2D eigenvalue weighted by atomic mass is 10.0. The summed E-state index contributed by atoms with van der Waals surface area (Å²) in [6.45, 7) is -0.0663. The topological polar surface area (TPSA) is 67.9 Å². The van der Waals surface area contributed by atoms with Crippen molar-refractivity contribution in [2.24, 2.45) is 0 Å². The van der Waals surface area contributed by atoms with Gasteiger partial charge in [-0.2, -0.15) is 0 Å². The number of methoxy groups -OCH3 is 1. The van der Waals surface area contributed by atoms with Gasteiger partial charge in [0.1, 0.15) is 5.75 Å². The lowest BCUT2D eigenvalue weighted by Crippen LogP contribution is -2.35. The molecule has 0 radical (unpaired) electrons. The number of rotatable bonds is 4. The van der Waals surface area contributed by atoms with Crippen molar-refractivity contribution in [3.8, 4) is 22.6 Å². The number of anilines is 2. The highest BCUT2D eigenvalue weighted by Gasteiger charge is 2.25. The van der Waals surface area contributed by atoms with Crippen LogP contribution in [0.3, 0.4) is 0 Å². The van der Waals surface area contributed by atoms with Crippen molar-refractivity contribution < 1.29 is 19.1 Å². The Morgan fingerprint density at radius 2 is 1.83 bits per heavy atom. The number of carbonyl (C=O) groups is 2. The van der Waals surface area contributed by atoms with Gasteiger partial charge in [0.2, 0.25) is 0 Å². The normalized spacial score (nSPS) is 12.8. The molecule has 1 N–H and O–H groups in total. The molecule has 0 saturated carbocycles. The van der Waals surface area contributed by atoms with Crippen LogP contribution in [0.15, 0.2) is 66.7 Å². The van der Waals surface area contributed by atoms with E-state index < -0.39 is 0 Å². The third-order valence-corrected chi connectivity index (χ3v) is 4.87. The van der Waals surface area contributed by atoms with Crippen LogP contribution in [0.4, 0.5) is 11.4 Å². The lowest BCUT2D eigenvalue weighted by Gasteiger charge is -2.27. The number of hydrogen-bond donors (Lipinski definition) is 1. The summed E-state index contributed by atoms with van der Waals surface area (Å²) in [7, 11) is 3.21. The van der Waals surface area contributed by atoms with Crippen molar-refractivity contribution in [2.45, 2.75) is 0 Å². The van der Waals surface area contributed by atoms with Gasteiger partial charge >= 0.3 is 0 Å². The van der Waals surface area contributed by atoms with Gasteiger partial charge in [0.15, 0.2) is 12.4 Å². The van der Waals surface area contributed by atoms with Gasteiger partial charge in [-0.15, -0.1) is 0 Å². The summed E-state index contributed by atoms with van der Waals surface area (Å²) in [5.74, 6) is 0.482. The number of likely N-dealkylation sites (N-methyl/N-ethyl adjacent to an activating group) is 1. The third kappa shape index (κ3) is 3.52. The van der Waals surface area contributed by atoms with Gasteiger partial charge in [0.05, 0.1) is 24.0 Å². The van der Waals surface area contributed by atoms with Crippen LogP contribution in [0.5, 0.6) is 11.5 Å². The predicted molar refractivity (Wildman–Crippen MR) is 112 cm³/mol. The highest BCUT2D eigenvalue weighted by molar-refractivity contribution is 6.09. The van der Waals surface area contributed by atoms with Crippen LogP contribution < -0.4 is 19.7 Å². The average molecular weight is 388 g/mol. The van der Waals surface area contributed by atoms with Crippen LogP contribution in [0.1, 0.15) is 10.4 Å². The van der Waals surface area contributed by atoms with Crippen LogP contribution in [-0.4, -0.2) is 32.6 Å². The summed E-state index contributed by atoms with van der Waals surface area (Å²) >= 11 is 0. The Hall–Kier alpha value is -3.80. The molecule has 1 aliphatic heterocycles. The zero-order valence-corrected chi connectivity index (χ0v) is 16.1. The SMILES string of the molecule is COc1ccc(-c2ccccc2)cc1C(=O)Nc1cccc2c1OCC(=O)N2C. The molecule has 146 valence electrons. The fourth-order valence-corrected chi connectivity index (χ4v) is 3.29. The van der Waals surface area contributed by atoms with Crippen LogP contribution >= 0.6 is 0 Å². The van der Waals surface area contributed by atoms with Gasteiger partial charge in [-0.05, 0) is 35.4 Å². The Morgan fingerprint density at radius 3 is 2.59 bits per heavy atom. The average Bonchev–Trinajstić information content (AvgIpc) is 2.76. The molecule has 6 nitrogen and oxygen atoms in total. The Balaban J connectivity index is 1.68. The van der Waals surface area contributed by atoms with Crippen LogP contribution in [0.2, 0.25) is 0 Å². The van der Waals surface area contributed by atoms with Gasteiger partial charge < -0.3 is 19.7 Å². The van der Waals surface area contributed by atoms with E-state index in [2.05, 4.69) is 5.32 Å². The maximum absolute atomic E-state index is 13.1. The second-order valence-corrected chi connectivity index (χ2v) is 6.63. The van der Waals surface area contributed by atoms with Crippen molar-refractivity contribution >= 4 is 23.2 Å². The minimum Gasteiger partial charge on any atom is -0.496 e. The molecule has 1 aliphatic rings. The van der Waals surface area contributed by atoms with E-state index in [0.717, 1.165) is 11.1 Å². The minimum absolute atomic E-state index is 0.0663. The highest BCUT2D eigenvalue weighted by Crippen LogP contribution is 2.38. The van der Waals surface area contributed by atoms with E-state index in [9.17, 15) is 9.59 Å². The number of carbonyl (C=O) groups excluding carboxylic acids is 2. The van der Waals surface area contributed by atoms with Gasteiger partial charge in [0, 0.05) is 7.05 Å². The molecule has 0 saturated heterocycles. The summed E-state index contributed by atoms with van der Waals surface area (Å²) < 4.78 is 11.0. The fourth-order valence-electron chi connectivity index (χ4n) is 3.29. The fraction of sp³-hybridized carbons (Fsp3) is 0.130. The molecule has 0 spiro atoms. The number of amides is 2. The predicted octanol–water partition coefficient (Wildman–Crippen LogP) is 3.97. The largest absolute Gasteiger partial charge is 0.496 e. The number of nitrogens with zero attached hydrogens (tertiary/aromatic N) is 1. The van der Waals surface area contributed by atoms with Crippen molar-refractivity contribution in [1.29, 1.82) is 0 Å². The number of hydrogen-bond acceptors (Lipinski definition) is 4. The number of ether oxygens (including phenoxy) is 2. The Kier molecular flexibility index (Phi) is 4.91. The smallest absolute Gasteiger partial charge is 0.264 e. The molecule has 1 heterocycles. The quantitative estimate of drug-likeness (QED) is 0.734. The lowest BCUT2D eigenvalue weighted by molar-refractivity contribution is -0.120. The standard InChI is InChI=1S/C23H20N2O4/c1-25-19-10-6-9-18(22(19)29-14-21(25)26)24-23(27)17-13-16(11-12-20(17)28-2)15-7-4-3-5-8-15/h3-13H,14H2,1-2H3,(H,24,27). The van der Waals surface area contributed by atoms with E-state index in [-0.39, 0.29) is 18.4 Å². The Labute approximate surface area is 168 Å². The van der Waals surface area contributed by atoms with Crippen molar-refractivity contribution in [2.75, 3.05) is 31.0 Å². The van der Waals surface area contributed by atoms with Gasteiger partial charge in [-0.1, -0.05) is 42.5 Å². The minimum atomic E-state index is -0.323. The zero-order chi connectivity index (χ0) is 20.4. The molecule has 0 aliphatic carbocycles. The Bertz CT molecular complexity index is 1080. The molecular formula is C23H20N2O4. The molecule has 0 aromatic heterocycles. The van der Waals surface area contributed by atoms with E-state index >= 15 is 0 Å². The molecule has 6 heteroatoms. The molecule has 4 rings (SSSR count). The van der Waals surface area contributed by atoms with E-state index in [1.807, 2.05) is 36.4 Å².